The van der Waals surface area contributed by atoms with Crippen LogP contribution in [0.4, 0.5) is 5.69 Å². The summed E-state index contributed by atoms with van der Waals surface area (Å²) in [6.45, 7) is 0. The zero-order valence-corrected chi connectivity index (χ0v) is 16.8. The number of Topliss-reactive ketones (excluding diaryl/α,β-unsaturated/α-hetero) is 1. The highest BCUT2D eigenvalue weighted by atomic mass is 35.5. The van der Waals surface area contributed by atoms with Crippen molar-refractivity contribution in [1.29, 1.82) is 0 Å². The van der Waals surface area contributed by atoms with E-state index in [1.54, 1.807) is 30.3 Å². The maximum Gasteiger partial charge on any atom is 0.300 e. The van der Waals surface area contributed by atoms with Crippen molar-refractivity contribution < 1.29 is 19.8 Å². The number of carbonyl (C=O) groups is 2. The lowest BCUT2D eigenvalue weighted by atomic mass is 9.96. The third-order valence-corrected chi connectivity index (χ3v) is 5.23. The first-order valence-corrected chi connectivity index (χ1v) is 9.59. The molecule has 6 nitrogen and oxygen atoms in total. The van der Waals surface area contributed by atoms with Crippen LogP contribution in [0.5, 0.6) is 5.75 Å². The van der Waals surface area contributed by atoms with Crippen LogP contribution in [0, 0.1) is 0 Å². The average Bonchev–Trinajstić information content (AvgIpc) is 3.00. The van der Waals surface area contributed by atoms with Crippen molar-refractivity contribution in [2.75, 3.05) is 4.90 Å². The summed E-state index contributed by atoms with van der Waals surface area (Å²) in [5.74, 6) is -2.41. The van der Waals surface area contributed by atoms with Crippen LogP contribution in [0.3, 0.4) is 0 Å². The molecule has 4 rings (SSSR count). The summed E-state index contributed by atoms with van der Waals surface area (Å²) in [5, 5.41) is 22.0. The van der Waals surface area contributed by atoms with Gasteiger partial charge in [-0.1, -0.05) is 35.3 Å². The number of ketones is 1. The van der Waals surface area contributed by atoms with Gasteiger partial charge in [-0.3, -0.25) is 19.5 Å². The SMILES string of the molecule is O=C1C(=O)N(c2cc(Cl)ccc2O)C(c2ccncc2)/C1=C(\O)c1cccc(Cl)c1. The molecule has 1 unspecified atom stereocenters. The molecule has 1 aromatic heterocycles. The summed E-state index contributed by atoms with van der Waals surface area (Å²) < 4.78 is 0. The molecule has 150 valence electrons. The normalized spacial score (nSPS) is 18.1. The van der Waals surface area contributed by atoms with Crippen LogP contribution in [-0.4, -0.2) is 26.9 Å². The van der Waals surface area contributed by atoms with Gasteiger partial charge in [0.15, 0.2) is 0 Å². The van der Waals surface area contributed by atoms with E-state index in [9.17, 15) is 19.8 Å². The molecule has 1 aliphatic rings. The van der Waals surface area contributed by atoms with Gasteiger partial charge in [-0.15, -0.1) is 0 Å². The van der Waals surface area contributed by atoms with Crippen LogP contribution < -0.4 is 4.90 Å². The lowest BCUT2D eigenvalue weighted by molar-refractivity contribution is -0.132. The molecule has 1 atom stereocenters. The molecular formula is C22H14Cl2N2O4. The third kappa shape index (κ3) is 3.40. The molecule has 2 aromatic carbocycles. The molecule has 2 N–H and O–H groups in total. The largest absolute Gasteiger partial charge is 0.507 e. The Morgan fingerprint density at radius 1 is 0.967 bits per heavy atom. The maximum atomic E-state index is 13.0. The van der Waals surface area contributed by atoms with Crippen molar-refractivity contribution in [1.82, 2.24) is 4.98 Å². The van der Waals surface area contributed by atoms with Gasteiger partial charge in [0.1, 0.15) is 11.5 Å². The molecule has 0 spiro atoms. The number of aliphatic hydroxyl groups is 1. The number of aromatic nitrogens is 1. The highest BCUT2D eigenvalue weighted by Crippen LogP contribution is 2.45. The Morgan fingerprint density at radius 3 is 2.37 bits per heavy atom. The van der Waals surface area contributed by atoms with Crippen LogP contribution >= 0.6 is 23.2 Å². The fourth-order valence-electron chi connectivity index (χ4n) is 3.42. The molecule has 0 saturated carbocycles. The summed E-state index contributed by atoms with van der Waals surface area (Å²) in [4.78, 5) is 31.1. The number of aliphatic hydroxyl groups excluding tert-OH is 1. The first-order valence-electron chi connectivity index (χ1n) is 8.84. The second kappa shape index (κ2) is 7.82. The van der Waals surface area contributed by atoms with Crippen LogP contribution in [0.1, 0.15) is 17.2 Å². The second-order valence-electron chi connectivity index (χ2n) is 6.59. The van der Waals surface area contributed by atoms with E-state index in [0.717, 1.165) is 4.90 Å². The fourth-order valence-corrected chi connectivity index (χ4v) is 3.78. The third-order valence-electron chi connectivity index (χ3n) is 4.76. The second-order valence-corrected chi connectivity index (χ2v) is 7.47. The van der Waals surface area contributed by atoms with Crippen LogP contribution in [-0.2, 0) is 9.59 Å². The number of halogens is 2. The first kappa shape index (κ1) is 19.9. The number of pyridine rings is 1. The smallest absolute Gasteiger partial charge is 0.300 e. The van der Waals surface area contributed by atoms with Crippen LogP contribution in [0.25, 0.3) is 5.76 Å². The van der Waals surface area contributed by atoms with Gasteiger partial charge in [0.2, 0.25) is 0 Å². The molecule has 1 aliphatic heterocycles. The molecule has 8 heteroatoms. The quantitative estimate of drug-likeness (QED) is 0.349. The zero-order valence-electron chi connectivity index (χ0n) is 15.3. The highest BCUT2D eigenvalue weighted by Gasteiger charge is 2.47. The molecule has 2 heterocycles. The minimum atomic E-state index is -1.00. The molecule has 0 bridgehead atoms. The molecule has 3 aromatic rings. The molecule has 0 aliphatic carbocycles. The number of rotatable bonds is 3. The molecular weight excluding hydrogens is 427 g/mol. The van der Waals surface area contributed by atoms with Gasteiger partial charge in [0.25, 0.3) is 11.7 Å². The number of hydrogen-bond donors (Lipinski definition) is 2. The lowest BCUT2D eigenvalue weighted by Gasteiger charge is -2.26. The predicted octanol–water partition coefficient (Wildman–Crippen LogP) is 4.72. The van der Waals surface area contributed by atoms with E-state index >= 15 is 0 Å². The van der Waals surface area contributed by atoms with E-state index in [1.807, 2.05) is 0 Å². The van der Waals surface area contributed by atoms with E-state index in [-0.39, 0.29) is 33.4 Å². The zero-order chi connectivity index (χ0) is 21.4. The van der Waals surface area contributed by atoms with Crippen LogP contribution in [0.15, 0.2) is 72.6 Å². The average molecular weight is 441 g/mol. The van der Waals surface area contributed by atoms with E-state index in [4.69, 9.17) is 23.2 Å². The van der Waals surface area contributed by atoms with Gasteiger partial charge in [0.05, 0.1) is 17.3 Å². The standard InChI is InChI=1S/C22H14Cl2N2O4/c23-14-3-1-2-13(10-14)20(28)18-19(12-6-8-25-9-7-12)26(22(30)21(18)29)16-11-15(24)4-5-17(16)27/h1-11,19,27-28H/b20-18+. The van der Waals surface area contributed by atoms with Crippen LogP contribution in [0.2, 0.25) is 10.0 Å². The highest BCUT2D eigenvalue weighted by molar-refractivity contribution is 6.52. The van der Waals surface area contributed by atoms with Gasteiger partial charge < -0.3 is 10.2 Å². The van der Waals surface area contributed by atoms with Gasteiger partial charge in [-0.2, -0.15) is 0 Å². The molecule has 1 amide bonds. The molecule has 30 heavy (non-hydrogen) atoms. The van der Waals surface area contributed by atoms with Crippen molar-refractivity contribution in [3.05, 3.63) is 93.7 Å². The monoisotopic (exact) mass is 440 g/mol. The summed E-state index contributed by atoms with van der Waals surface area (Å²) in [6, 6.07) is 12.7. The Kier molecular flexibility index (Phi) is 5.20. The number of phenols is 1. The minimum absolute atomic E-state index is 0.0524. The number of amides is 1. The number of benzene rings is 2. The summed E-state index contributed by atoms with van der Waals surface area (Å²) in [6.07, 6.45) is 3.01. The van der Waals surface area contributed by atoms with Gasteiger partial charge in [0, 0.05) is 28.0 Å². The first-order chi connectivity index (χ1) is 14.4. The number of carbonyl (C=O) groups excluding carboxylic acids is 2. The van der Waals surface area contributed by atoms with Crippen molar-refractivity contribution in [2.45, 2.75) is 6.04 Å². The Hall–Kier alpha value is -3.35. The number of hydrogen-bond acceptors (Lipinski definition) is 5. The predicted molar refractivity (Wildman–Crippen MR) is 114 cm³/mol. The molecule has 1 fully saturated rings. The Balaban J connectivity index is 1.99. The molecule has 0 radical (unpaired) electrons. The number of phenolic OH excluding ortho intramolecular Hbond substituents is 1. The Labute approximate surface area is 181 Å². The number of nitrogens with zero attached hydrogens (tertiary/aromatic N) is 2. The Bertz CT molecular complexity index is 1190. The van der Waals surface area contributed by atoms with Gasteiger partial charge in [-0.25, -0.2) is 0 Å². The Morgan fingerprint density at radius 2 is 1.67 bits per heavy atom. The fraction of sp³-hybridized carbons (Fsp3) is 0.0455. The van der Waals surface area contributed by atoms with Crippen molar-refractivity contribution >= 4 is 46.3 Å². The maximum absolute atomic E-state index is 13.0. The number of anilines is 1. The van der Waals surface area contributed by atoms with Crippen molar-refractivity contribution in [3.8, 4) is 5.75 Å². The summed E-state index contributed by atoms with van der Waals surface area (Å²) >= 11 is 12.1. The van der Waals surface area contributed by atoms with Crippen molar-refractivity contribution in [2.24, 2.45) is 0 Å². The molecule has 1 saturated heterocycles. The summed E-state index contributed by atoms with van der Waals surface area (Å²) in [7, 11) is 0. The van der Waals surface area contributed by atoms with Crippen molar-refractivity contribution in [3.63, 3.8) is 0 Å². The van der Waals surface area contributed by atoms with E-state index in [2.05, 4.69) is 4.98 Å². The lowest BCUT2D eigenvalue weighted by Crippen LogP contribution is -2.29. The number of aromatic hydroxyl groups is 1. The van der Waals surface area contributed by atoms with E-state index in [0.29, 0.717) is 10.6 Å². The summed E-state index contributed by atoms with van der Waals surface area (Å²) in [5.41, 5.74) is 0.728. The van der Waals surface area contributed by atoms with E-state index < -0.39 is 17.7 Å². The topological polar surface area (TPSA) is 90.7 Å². The van der Waals surface area contributed by atoms with Gasteiger partial charge in [-0.05, 0) is 48.0 Å². The van der Waals surface area contributed by atoms with E-state index in [1.165, 1.54) is 36.7 Å². The minimum Gasteiger partial charge on any atom is -0.507 e. The van der Waals surface area contributed by atoms with Gasteiger partial charge >= 0.3 is 0 Å².